The lowest BCUT2D eigenvalue weighted by Crippen LogP contribution is -2.17. The van der Waals surface area contributed by atoms with Gasteiger partial charge in [0.05, 0.1) is 16.6 Å². The van der Waals surface area contributed by atoms with Crippen molar-refractivity contribution in [3.63, 3.8) is 0 Å². The normalized spacial score (nSPS) is 23.6. The van der Waals surface area contributed by atoms with Gasteiger partial charge in [-0.3, -0.25) is 4.79 Å². The summed E-state index contributed by atoms with van der Waals surface area (Å²) in [6.45, 7) is 4.03. The average Bonchev–Trinajstić information content (AvgIpc) is 2.82. The second-order valence-corrected chi connectivity index (χ2v) is 6.67. The molecule has 102 valence electrons. The van der Waals surface area contributed by atoms with E-state index in [0.29, 0.717) is 10.7 Å². The maximum Gasteiger partial charge on any atom is 0.228 e. The van der Waals surface area contributed by atoms with Crippen LogP contribution in [0.15, 0.2) is 34.8 Å². The molecular weight excluding hydrogens is 305 g/mol. The van der Waals surface area contributed by atoms with Crippen molar-refractivity contribution >= 4 is 46.4 Å². The molecule has 2 rings (SSSR count). The fourth-order valence-corrected chi connectivity index (χ4v) is 2.85. The van der Waals surface area contributed by atoms with Crippen molar-refractivity contribution in [3.8, 4) is 0 Å². The van der Waals surface area contributed by atoms with Crippen molar-refractivity contribution in [1.82, 2.24) is 0 Å². The number of benzene rings is 1. The largest absolute Gasteiger partial charge is 0.324 e. The molecule has 1 aromatic carbocycles. The maximum atomic E-state index is 12.2. The topological polar surface area (TPSA) is 29.1 Å². The van der Waals surface area contributed by atoms with Crippen LogP contribution in [0.25, 0.3) is 0 Å². The summed E-state index contributed by atoms with van der Waals surface area (Å²) in [6.07, 6.45) is 1.72. The second-order valence-electron chi connectivity index (χ2n) is 5.25. The van der Waals surface area contributed by atoms with E-state index >= 15 is 0 Å². The number of carbonyl (C=O) groups is 1. The number of rotatable bonds is 3. The molecule has 0 radical (unpaired) electrons. The minimum absolute atomic E-state index is 0.0555. The number of halogens is 3. The van der Waals surface area contributed by atoms with E-state index in [0.717, 1.165) is 0 Å². The van der Waals surface area contributed by atoms with Crippen LogP contribution in [0.2, 0.25) is 5.02 Å². The summed E-state index contributed by atoms with van der Waals surface area (Å²) in [7, 11) is 0. The highest BCUT2D eigenvalue weighted by Crippen LogP contribution is 2.60. The van der Waals surface area contributed by atoms with Crippen LogP contribution in [-0.4, -0.2) is 5.91 Å². The number of para-hydroxylation sites is 1. The minimum atomic E-state index is -0.142. The Morgan fingerprint density at radius 2 is 1.95 bits per heavy atom. The van der Waals surface area contributed by atoms with E-state index in [1.807, 2.05) is 26.0 Å². The highest BCUT2D eigenvalue weighted by Gasteiger charge is 2.60. The Hall–Kier alpha value is -0.700. The third kappa shape index (κ3) is 3.07. The molecule has 19 heavy (non-hydrogen) atoms. The van der Waals surface area contributed by atoms with Crippen LogP contribution in [0.5, 0.6) is 0 Å². The molecule has 0 aliphatic heterocycles. The monoisotopic (exact) mass is 317 g/mol. The smallest absolute Gasteiger partial charge is 0.228 e. The van der Waals surface area contributed by atoms with Gasteiger partial charge >= 0.3 is 0 Å². The molecule has 1 aliphatic carbocycles. The van der Waals surface area contributed by atoms with Gasteiger partial charge in [-0.05, 0) is 29.5 Å². The van der Waals surface area contributed by atoms with Gasteiger partial charge < -0.3 is 5.32 Å². The molecule has 5 heteroatoms. The second kappa shape index (κ2) is 5.35. The molecule has 0 unspecified atom stereocenters. The van der Waals surface area contributed by atoms with Gasteiger partial charge in [0.2, 0.25) is 5.91 Å². The number of anilines is 1. The van der Waals surface area contributed by atoms with Gasteiger partial charge in [0.15, 0.2) is 0 Å². The predicted molar refractivity (Wildman–Crippen MR) is 80.6 cm³/mol. The molecule has 1 N–H and O–H groups in total. The number of carbonyl (C=O) groups excluding carboxylic acids is 1. The van der Waals surface area contributed by atoms with Crippen LogP contribution in [0, 0.1) is 17.3 Å². The number of hydrogen-bond acceptors (Lipinski definition) is 1. The lowest BCUT2D eigenvalue weighted by atomic mass is 10.1. The van der Waals surface area contributed by atoms with Crippen molar-refractivity contribution in [2.24, 2.45) is 17.3 Å². The highest BCUT2D eigenvalue weighted by atomic mass is 35.5. The molecule has 0 heterocycles. The van der Waals surface area contributed by atoms with Crippen LogP contribution in [-0.2, 0) is 4.79 Å². The van der Waals surface area contributed by atoms with Gasteiger partial charge in [0, 0.05) is 0 Å². The van der Waals surface area contributed by atoms with Gasteiger partial charge in [0.1, 0.15) is 4.49 Å². The summed E-state index contributed by atoms with van der Waals surface area (Å²) in [5, 5.41) is 3.37. The molecule has 0 spiro atoms. The SMILES string of the molecule is CC1(C)[C@H](C=C(Cl)Cl)[C@@H]1C(=O)Nc1ccccc1Cl. The van der Waals surface area contributed by atoms with Gasteiger partial charge in [-0.15, -0.1) is 0 Å². The lowest BCUT2D eigenvalue weighted by Gasteiger charge is -2.07. The Bertz CT molecular complexity index is 535. The van der Waals surface area contributed by atoms with Crippen molar-refractivity contribution in [3.05, 3.63) is 39.9 Å². The Kier molecular flexibility index (Phi) is 4.14. The van der Waals surface area contributed by atoms with Crippen LogP contribution in [0.1, 0.15) is 13.8 Å². The quantitative estimate of drug-likeness (QED) is 0.846. The first-order valence-electron chi connectivity index (χ1n) is 5.92. The fraction of sp³-hybridized carbons (Fsp3) is 0.357. The number of hydrogen-bond donors (Lipinski definition) is 1. The highest BCUT2D eigenvalue weighted by molar-refractivity contribution is 6.55. The van der Waals surface area contributed by atoms with Crippen molar-refractivity contribution < 1.29 is 4.79 Å². The average molecular weight is 319 g/mol. The van der Waals surface area contributed by atoms with Crippen LogP contribution < -0.4 is 5.32 Å². The number of nitrogens with one attached hydrogen (secondary N) is 1. The first-order chi connectivity index (χ1) is 8.84. The van der Waals surface area contributed by atoms with E-state index in [1.165, 1.54) is 0 Å². The van der Waals surface area contributed by atoms with Crippen molar-refractivity contribution in [1.29, 1.82) is 0 Å². The van der Waals surface area contributed by atoms with E-state index in [4.69, 9.17) is 34.8 Å². The van der Waals surface area contributed by atoms with Gasteiger partial charge in [-0.25, -0.2) is 0 Å². The summed E-state index contributed by atoms with van der Waals surface area (Å²) < 4.78 is 0.200. The van der Waals surface area contributed by atoms with E-state index in [9.17, 15) is 4.79 Å². The van der Waals surface area contributed by atoms with E-state index in [2.05, 4.69) is 5.32 Å². The maximum absolute atomic E-state index is 12.2. The summed E-state index contributed by atoms with van der Waals surface area (Å²) in [5.74, 6) is -0.148. The Balaban J connectivity index is 2.10. The summed E-state index contributed by atoms with van der Waals surface area (Å²) in [6, 6.07) is 7.15. The molecule has 1 fully saturated rings. The molecule has 1 amide bonds. The molecule has 1 saturated carbocycles. The summed E-state index contributed by atoms with van der Waals surface area (Å²) in [4.78, 5) is 12.2. The van der Waals surface area contributed by atoms with E-state index in [-0.39, 0.29) is 27.6 Å². The Labute approximate surface area is 127 Å². The third-order valence-corrected chi connectivity index (χ3v) is 4.21. The molecular formula is C14H14Cl3NO. The Morgan fingerprint density at radius 1 is 1.32 bits per heavy atom. The van der Waals surface area contributed by atoms with Gasteiger partial charge in [0.25, 0.3) is 0 Å². The zero-order valence-electron chi connectivity index (χ0n) is 10.6. The predicted octanol–water partition coefficient (Wildman–Crippen LogP) is 4.87. The number of amides is 1. The van der Waals surface area contributed by atoms with E-state index < -0.39 is 0 Å². The molecule has 1 aromatic rings. The standard InChI is InChI=1S/C14H14Cl3NO/c1-14(2)8(7-11(16)17)12(14)13(19)18-10-6-4-3-5-9(10)15/h3-8,12H,1-2H3,(H,18,19)/t8-,12-/m1/s1. The van der Waals surface area contributed by atoms with Gasteiger partial charge in [-0.2, -0.15) is 0 Å². The summed E-state index contributed by atoms with van der Waals surface area (Å²) in [5.41, 5.74) is 0.483. The molecule has 0 saturated heterocycles. The Morgan fingerprint density at radius 3 is 2.53 bits per heavy atom. The van der Waals surface area contributed by atoms with Crippen molar-refractivity contribution in [2.75, 3.05) is 5.32 Å². The number of allylic oxidation sites excluding steroid dienone is 1. The minimum Gasteiger partial charge on any atom is -0.324 e. The van der Waals surface area contributed by atoms with Crippen LogP contribution in [0.4, 0.5) is 5.69 Å². The third-order valence-electron chi connectivity index (χ3n) is 3.63. The van der Waals surface area contributed by atoms with Crippen LogP contribution >= 0.6 is 34.8 Å². The van der Waals surface area contributed by atoms with Gasteiger partial charge in [-0.1, -0.05) is 60.8 Å². The first-order valence-corrected chi connectivity index (χ1v) is 7.05. The molecule has 0 bridgehead atoms. The van der Waals surface area contributed by atoms with Crippen LogP contribution in [0.3, 0.4) is 0 Å². The lowest BCUT2D eigenvalue weighted by molar-refractivity contribution is -0.118. The van der Waals surface area contributed by atoms with Crippen molar-refractivity contribution in [2.45, 2.75) is 13.8 Å². The fourth-order valence-electron chi connectivity index (χ4n) is 2.40. The zero-order chi connectivity index (χ0) is 14.2. The van der Waals surface area contributed by atoms with E-state index in [1.54, 1.807) is 18.2 Å². The molecule has 0 aromatic heterocycles. The zero-order valence-corrected chi connectivity index (χ0v) is 12.9. The molecule has 2 nitrogen and oxygen atoms in total. The first kappa shape index (κ1) is 14.7. The summed E-state index contributed by atoms with van der Waals surface area (Å²) >= 11 is 17.4. The molecule has 2 atom stereocenters. The molecule has 1 aliphatic rings.